The summed E-state index contributed by atoms with van der Waals surface area (Å²) in [6.07, 6.45) is 3.55. The second kappa shape index (κ2) is 8.27. The van der Waals surface area contributed by atoms with Gasteiger partial charge in [-0.05, 0) is 36.2 Å². The zero-order valence-electron chi connectivity index (χ0n) is 15.9. The van der Waals surface area contributed by atoms with Gasteiger partial charge in [0.25, 0.3) is 0 Å². The summed E-state index contributed by atoms with van der Waals surface area (Å²) in [6, 6.07) is 19.7. The summed E-state index contributed by atoms with van der Waals surface area (Å²) in [6.45, 7) is 3.77. The van der Waals surface area contributed by atoms with Crippen LogP contribution in [-0.2, 0) is 11.3 Å². The van der Waals surface area contributed by atoms with Crippen LogP contribution in [0.15, 0.2) is 73.1 Å². The van der Waals surface area contributed by atoms with Crippen molar-refractivity contribution in [3.8, 4) is 0 Å². The lowest BCUT2D eigenvalue weighted by Gasteiger charge is -2.37. The number of nitrogens with one attached hydrogen (secondary N) is 1. The second-order valence-corrected chi connectivity index (χ2v) is 7.09. The fourth-order valence-electron chi connectivity index (χ4n) is 3.50. The number of ether oxygens (including phenoxy) is 1. The number of morpholine rings is 1. The van der Waals surface area contributed by atoms with Gasteiger partial charge in [0.2, 0.25) is 0 Å². The first-order valence-electron chi connectivity index (χ1n) is 9.50. The third kappa shape index (κ3) is 4.40. The van der Waals surface area contributed by atoms with Gasteiger partial charge < -0.3 is 15.0 Å². The summed E-state index contributed by atoms with van der Waals surface area (Å²) >= 11 is 0. The fourth-order valence-corrected chi connectivity index (χ4v) is 3.50. The van der Waals surface area contributed by atoms with Crippen molar-refractivity contribution < 1.29 is 9.53 Å². The van der Waals surface area contributed by atoms with Crippen LogP contribution in [0.5, 0.6) is 0 Å². The highest BCUT2D eigenvalue weighted by Gasteiger charge is 2.29. The number of nitrogens with zero attached hydrogens (tertiary/aromatic N) is 3. The third-order valence-corrected chi connectivity index (χ3v) is 4.80. The van der Waals surface area contributed by atoms with Crippen LogP contribution in [0.25, 0.3) is 0 Å². The molecule has 0 aliphatic carbocycles. The second-order valence-electron chi connectivity index (χ2n) is 7.09. The summed E-state index contributed by atoms with van der Waals surface area (Å²) in [4.78, 5) is 14.7. The first-order chi connectivity index (χ1) is 13.7. The molecule has 0 radical (unpaired) electrons. The van der Waals surface area contributed by atoms with Gasteiger partial charge in [0.05, 0.1) is 19.2 Å². The lowest BCUT2D eigenvalue weighted by atomic mass is 10.1. The molecule has 1 saturated heterocycles. The van der Waals surface area contributed by atoms with Crippen molar-refractivity contribution in [3.63, 3.8) is 0 Å². The van der Waals surface area contributed by atoms with E-state index in [4.69, 9.17) is 4.74 Å². The average molecular weight is 376 g/mol. The minimum atomic E-state index is -0.109. The van der Waals surface area contributed by atoms with Crippen LogP contribution in [0.1, 0.15) is 24.2 Å². The number of hydrogen-bond acceptors (Lipinski definition) is 3. The number of aromatic nitrogens is 2. The van der Waals surface area contributed by atoms with E-state index in [1.165, 1.54) is 0 Å². The Kier molecular flexibility index (Phi) is 5.39. The van der Waals surface area contributed by atoms with Crippen molar-refractivity contribution in [2.75, 3.05) is 18.4 Å². The van der Waals surface area contributed by atoms with Gasteiger partial charge in [-0.3, -0.25) is 4.68 Å². The summed E-state index contributed by atoms with van der Waals surface area (Å²) in [5.74, 6) is 0. The van der Waals surface area contributed by atoms with Crippen molar-refractivity contribution in [1.82, 2.24) is 14.7 Å². The summed E-state index contributed by atoms with van der Waals surface area (Å²) < 4.78 is 7.91. The highest BCUT2D eigenvalue weighted by Crippen LogP contribution is 2.25. The maximum atomic E-state index is 12.9. The number of hydrogen-bond donors (Lipinski definition) is 1. The van der Waals surface area contributed by atoms with Crippen LogP contribution in [0.2, 0.25) is 0 Å². The zero-order chi connectivity index (χ0) is 19.3. The lowest BCUT2D eigenvalue weighted by Crippen LogP contribution is -2.47. The van der Waals surface area contributed by atoms with Crippen LogP contribution >= 0.6 is 0 Å². The normalized spacial score (nSPS) is 19.4. The SMILES string of the molecule is CC1CN(C(=O)Nc2cccc(Cn3cccn3)c2)CC(c2ccccc2)O1. The molecule has 4 rings (SSSR count). The molecule has 0 saturated carbocycles. The first kappa shape index (κ1) is 18.3. The minimum absolute atomic E-state index is 0.0177. The van der Waals surface area contributed by atoms with E-state index < -0.39 is 0 Å². The molecule has 2 unspecified atom stereocenters. The van der Waals surface area contributed by atoms with Crippen molar-refractivity contribution in [2.45, 2.75) is 25.7 Å². The van der Waals surface area contributed by atoms with E-state index in [9.17, 15) is 4.79 Å². The zero-order valence-corrected chi connectivity index (χ0v) is 15.9. The van der Waals surface area contributed by atoms with Crippen LogP contribution in [0.4, 0.5) is 10.5 Å². The molecule has 1 fully saturated rings. The number of urea groups is 1. The number of carbonyl (C=O) groups excluding carboxylic acids is 1. The molecule has 1 N–H and O–H groups in total. The standard InChI is InChI=1S/C22H24N4O2/c1-17-14-25(16-21(28-17)19-8-3-2-4-9-19)22(27)24-20-10-5-7-18(13-20)15-26-12-6-11-23-26/h2-13,17,21H,14-16H2,1H3,(H,24,27). The quantitative estimate of drug-likeness (QED) is 0.751. The summed E-state index contributed by atoms with van der Waals surface area (Å²) in [5, 5.41) is 7.25. The van der Waals surface area contributed by atoms with Gasteiger partial charge in [0.1, 0.15) is 6.10 Å². The average Bonchev–Trinajstić information content (AvgIpc) is 3.21. The van der Waals surface area contributed by atoms with Gasteiger partial charge >= 0.3 is 6.03 Å². The molecule has 3 aromatic rings. The molecule has 1 aliphatic rings. The smallest absolute Gasteiger partial charge is 0.322 e. The van der Waals surface area contributed by atoms with Gasteiger partial charge in [-0.15, -0.1) is 0 Å². The molecule has 2 atom stereocenters. The Hall–Kier alpha value is -3.12. The molecule has 144 valence electrons. The predicted molar refractivity (Wildman–Crippen MR) is 108 cm³/mol. The molecule has 2 amide bonds. The van der Waals surface area contributed by atoms with Crippen LogP contribution in [0, 0.1) is 0 Å². The predicted octanol–water partition coefficient (Wildman–Crippen LogP) is 3.93. The molecule has 0 bridgehead atoms. The molecule has 1 aliphatic heterocycles. The van der Waals surface area contributed by atoms with Gasteiger partial charge in [-0.1, -0.05) is 42.5 Å². The van der Waals surface area contributed by atoms with E-state index in [2.05, 4.69) is 10.4 Å². The van der Waals surface area contributed by atoms with Crippen molar-refractivity contribution in [2.24, 2.45) is 0 Å². The van der Waals surface area contributed by atoms with Crippen LogP contribution in [0.3, 0.4) is 0 Å². The number of benzene rings is 2. The van der Waals surface area contributed by atoms with Crippen LogP contribution in [-0.4, -0.2) is 39.9 Å². The number of carbonyl (C=O) groups is 1. The molecule has 0 spiro atoms. The molecule has 6 heteroatoms. The van der Waals surface area contributed by atoms with E-state index in [-0.39, 0.29) is 18.2 Å². The van der Waals surface area contributed by atoms with E-state index in [1.54, 1.807) is 6.20 Å². The first-order valence-corrected chi connectivity index (χ1v) is 9.50. The Labute approximate surface area is 164 Å². The maximum absolute atomic E-state index is 12.9. The summed E-state index contributed by atoms with van der Waals surface area (Å²) in [5.41, 5.74) is 2.96. The van der Waals surface area contributed by atoms with E-state index >= 15 is 0 Å². The highest BCUT2D eigenvalue weighted by molar-refractivity contribution is 5.89. The largest absolute Gasteiger partial charge is 0.367 e. The molecule has 1 aromatic heterocycles. The lowest BCUT2D eigenvalue weighted by molar-refractivity contribution is -0.0642. The minimum Gasteiger partial charge on any atom is -0.367 e. The number of amides is 2. The topological polar surface area (TPSA) is 59.4 Å². The summed E-state index contributed by atoms with van der Waals surface area (Å²) in [7, 11) is 0. The van der Waals surface area contributed by atoms with E-state index in [1.807, 2.05) is 83.4 Å². The van der Waals surface area contributed by atoms with Gasteiger partial charge in [0.15, 0.2) is 0 Å². The molecular weight excluding hydrogens is 352 g/mol. The van der Waals surface area contributed by atoms with Gasteiger partial charge in [-0.2, -0.15) is 5.10 Å². The van der Waals surface area contributed by atoms with Gasteiger partial charge in [0, 0.05) is 24.6 Å². The number of rotatable bonds is 4. The highest BCUT2D eigenvalue weighted by atomic mass is 16.5. The van der Waals surface area contributed by atoms with Crippen LogP contribution < -0.4 is 5.32 Å². The third-order valence-electron chi connectivity index (χ3n) is 4.80. The van der Waals surface area contributed by atoms with Crippen molar-refractivity contribution >= 4 is 11.7 Å². The van der Waals surface area contributed by atoms with E-state index in [0.29, 0.717) is 19.6 Å². The molecule has 2 aromatic carbocycles. The maximum Gasteiger partial charge on any atom is 0.322 e. The Bertz CT molecular complexity index is 911. The van der Waals surface area contributed by atoms with E-state index in [0.717, 1.165) is 16.8 Å². The molecule has 2 heterocycles. The van der Waals surface area contributed by atoms with Crippen molar-refractivity contribution in [3.05, 3.63) is 84.2 Å². The fraction of sp³-hybridized carbons (Fsp3) is 0.273. The Balaban J connectivity index is 1.43. The van der Waals surface area contributed by atoms with Crippen molar-refractivity contribution in [1.29, 1.82) is 0 Å². The molecule has 28 heavy (non-hydrogen) atoms. The number of anilines is 1. The molecule has 6 nitrogen and oxygen atoms in total. The monoisotopic (exact) mass is 376 g/mol. The Morgan fingerprint density at radius 1 is 1.14 bits per heavy atom. The Morgan fingerprint density at radius 3 is 2.79 bits per heavy atom. The Morgan fingerprint density at radius 2 is 2.00 bits per heavy atom. The molecular formula is C22H24N4O2. The van der Waals surface area contributed by atoms with Gasteiger partial charge in [-0.25, -0.2) is 4.79 Å².